The molecule has 2 aromatic heterocycles. The van der Waals surface area contributed by atoms with Gasteiger partial charge in [0.05, 0.1) is 29.3 Å². The summed E-state index contributed by atoms with van der Waals surface area (Å²) in [6, 6.07) is 4.55. The third-order valence-electron chi connectivity index (χ3n) is 10.6. The lowest BCUT2D eigenvalue weighted by molar-refractivity contribution is -0.131. The van der Waals surface area contributed by atoms with Gasteiger partial charge in [-0.1, -0.05) is 44.0 Å². The van der Waals surface area contributed by atoms with Crippen LogP contribution in [0.25, 0.3) is 21.6 Å². The topological polar surface area (TPSA) is 160 Å². The maximum absolute atomic E-state index is 14.2. The number of carbonyl (C=O) groups is 3. The number of urea groups is 1. The molecule has 1 aromatic carbocycles. The molecule has 4 atom stereocenters. The number of halogens is 1. The average Bonchev–Trinajstić information content (AvgIpc) is 3.98. The molecule has 1 unspecified atom stereocenters. The number of benzene rings is 1. The van der Waals surface area contributed by atoms with Crippen molar-refractivity contribution in [2.75, 3.05) is 20.2 Å². The number of sulfonamides is 1. The number of carbonyl (C=O) groups excluding carboxylic acids is 3. The minimum Gasteiger partial charge on any atom is -0.495 e. The third kappa shape index (κ3) is 7.38. The lowest BCUT2D eigenvalue weighted by atomic mass is 9.93. The lowest BCUT2D eigenvalue weighted by Crippen LogP contribution is -2.57. The van der Waals surface area contributed by atoms with Crippen LogP contribution in [0.5, 0.6) is 5.75 Å². The number of ether oxygens (including phenoxy) is 1. The standard InChI is InChI=1S/C37H45ClN6O6S2/c1-21(2)28-20-51-34(41-28)27-17-23(26-12-13-30(50-3)31(38)32(26)40-27)15-22-16-29-33(45)42-37(35(46)43-52(48,49)25-10-11-25)18-24(37)9-7-5-4-6-8-14-39-36(47)44(29)19-22/h7,9,12-13,17,20-22,24-25,29H,4-6,8,10-11,14-16,18-19H2,1-3H3,(H,39,47)(H,42,45)(H,43,46)/b9-7-/t22-,24?,29+,37-/m1/s1. The molecular weight excluding hydrogens is 724 g/mol. The summed E-state index contributed by atoms with van der Waals surface area (Å²) in [5.41, 5.74) is 1.79. The first-order chi connectivity index (χ1) is 24.9. The Balaban J connectivity index is 1.20. The molecule has 3 fully saturated rings. The molecule has 0 spiro atoms. The summed E-state index contributed by atoms with van der Waals surface area (Å²) in [7, 11) is -2.27. The van der Waals surface area contributed by atoms with E-state index in [0.717, 1.165) is 47.3 Å². The Morgan fingerprint density at radius 3 is 2.73 bits per heavy atom. The van der Waals surface area contributed by atoms with E-state index in [-0.39, 0.29) is 30.2 Å². The number of nitrogens with one attached hydrogen (secondary N) is 3. The van der Waals surface area contributed by atoms with Gasteiger partial charge in [0.25, 0.3) is 5.91 Å². The first kappa shape index (κ1) is 36.6. The molecule has 4 heterocycles. The number of fused-ring (bicyclic) bond motifs is 3. The van der Waals surface area contributed by atoms with Crippen LogP contribution >= 0.6 is 22.9 Å². The molecule has 278 valence electrons. The number of rotatable bonds is 8. The molecule has 4 amide bonds. The van der Waals surface area contributed by atoms with Crippen LogP contribution in [0.1, 0.15) is 82.4 Å². The van der Waals surface area contributed by atoms with Gasteiger partial charge in [0.2, 0.25) is 15.9 Å². The van der Waals surface area contributed by atoms with Crippen LogP contribution in [0.4, 0.5) is 4.79 Å². The molecule has 3 N–H and O–H groups in total. The number of nitrogens with zero attached hydrogens (tertiary/aromatic N) is 3. The summed E-state index contributed by atoms with van der Waals surface area (Å²) in [4.78, 5) is 52.9. The number of amides is 4. The summed E-state index contributed by atoms with van der Waals surface area (Å²) in [6.45, 7) is 4.97. The molecule has 0 bridgehead atoms. The van der Waals surface area contributed by atoms with Crippen LogP contribution in [0, 0.1) is 11.8 Å². The second-order valence-corrected chi connectivity index (χ2v) is 18.0. The Morgan fingerprint density at radius 2 is 2.00 bits per heavy atom. The normalized spacial score (nSPS) is 26.1. The zero-order valence-corrected chi connectivity index (χ0v) is 32.0. The van der Waals surface area contributed by atoms with E-state index in [4.69, 9.17) is 26.3 Å². The highest BCUT2D eigenvalue weighted by Crippen LogP contribution is 2.46. The summed E-state index contributed by atoms with van der Waals surface area (Å²) in [5.74, 6) is -0.909. The van der Waals surface area contributed by atoms with Crippen LogP contribution in [-0.2, 0) is 26.0 Å². The van der Waals surface area contributed by atoms with Crippen LogP contribution in [0.2, 0.25) is 5.02 Å². The molecule has 1 saturated heterocycles. The summed E-state index contributed by atoms with van der Waals surface area (Å²) in [6.07, 6.45) is 9.49. The molecular formula is C37H45ClN6O6S2. The second-order valence-electron chi connectivity index (χ2n) is 14.8. The number of hydrogen-bond donors (Lipinski definition) is 3. The fourth-order valence-electron chi connectivity index (χ4n) is 7.36. The maximum atomic E-state index is 14.2. The van der Waals surface area contributed by atoms with Crippen LogP contribution < -0.4 is 20.1 Å². The van der Waals surface area contributed by atoms with Gasteiger partial charge in [-0.05, 0) is 87.0 Å². The Labute approximate surface area is 313 Å². The predicted octanol–water partition coefficient (Wildman–Crippen LogP) is 5.70. The van der Waals surface area contributed by atoms with Crippen LogP contribution in [-0.4, -0.2) is 78.2 Å². The minimum atomic E-state index is -3.83. The fourth-order valence-corrected chi connectivity index (χ4v) is 9.95. The predicted molar refractivity (Wildman–Crippen MR) is 201 cm³/mol. The van der Waals surface area contributed by atoms with Gasteiger partial charge >= 0.3 is 6.03 Å². The van der Waals surface area contributed by atoms with Crippen molar-refractivity contribution in [3.05, 3.63) is 52.0 Å². The minimum absolute atomic E-state index is 0.128. The van der Waals surface area contributed by atoms with Gasteiger partial charge < -0.3 is 20.3 Å². The Hall–Kier alpha value is -3.75. The number of aromatic nitrogens is 2. The first-order valence-corrected chi connectivity index (χ1v) is 20.9. The van der Waals surface area contributed by atoms with Crippen molar-refractivity contribution in [1.82, 2.24) is 30.2 Å². The second kappa shape index (κ2) is 14.6. The number of methoxy groups -OCH3 is 1. The summed E-state index contributed by atoms with van der Waals surface area (Å²) < 4.78 is 33.3. The van der Waals surface area contributed by atoms with Crippen molar-refractivity contribution in [1.29, 1.82) is 0 Å². The van der Waals surface area contributed by atoms with Crippen molar-refractivity contribution in [2.24, 2.45) is 11.8 Å². The molecule has 0 radical (unpaired) electrons. The van der Waals surface area contributed by atoms with Crippen LogP contribution in [0.3, 0.4) is 0 Å². The highest BCUT2D eigenvalue weighted by atomic mass is 35.5. The van der Waals surface area contributed by atoms with Gasteiger partial charge in [-0.25, -0.2) is 23.2 Å². The summed E-state index contributed by atoms with van der Waals surface area (Å²) in [5, 5.41) is 9.41. The average molecular weight is 769 g/mol. The van der Waals surface area contributed by atoms with E-state index < -0.39 is 38.7 Å². The molecule has 3 aromatic rings. The van der Waals surface area contributed by atoms with Gasteiger partial charge in [0, 0.05) is 29.8 Å². The first-order valence-electron chi connectivity index (χ1n) is 18.1. The molecule has 2 aliphatic heterocycles. The van der Waals surface area contributed by atoms with Gasteiger partial charge in [-0.2, -0.15) is 0 Å². The molecule has 12 nitrogen and oxygen atoms in total. The van der Waals surface area contributed by atoms with E-state index in [1.807, 2.05) is 35.7 Å². The third-order valence-corrected chi connectivity index (χ3v) is 13.7. The number of pyridine rings is 1. The zero-order valence-electron chi connectivity index (χ0n) is 29.6. The molecule has 2 saturated carbocycles. The molecule has 2 aliphatic carbocycles. The number of allylic oxidation sites excluding steroid dienone is 1. The molecule has 52 heavy (non-hydrogen) atoms. The smallest absolute Gasteiger partial charge is 0.318 e. The fraction of sp³-hybridized carbons (Fsp3) is 0.541. The van der Waals surface area contributed by atoms with Crippen LogP contribution in [0.15, 0.2) is 35.7 Å². The van der Waals surface area contributed by atoms with E-state index in [2.05, 4.69) is 29.2 Å². The largest absolute Gasteiger partial charge is 0.495 e. The van der Waals surface area contributed by atoms with E-state index in [0.29, 0.717) is 60.8 Å². The van der Waals surface area contributed by atoms with E-state index in [1.165, 1.54) is 11.3 Å². The lowest BCUT2D eigenvalue weighted by Gasteiger charge is -2.27. The molecule has 7 rings (SSSR count). The summed E-state index contributed by atoms with van der Waals surface area (Å²) >= 11 is 8.35. The van der Waals surface area contributed by atoms with Crippen molar-refractivity contribution in [3.63, 3.8) is 0 Å². The Kier molecular flexibility index (Phi) is 10.3. The van der Waals surface area contributed by atoms with Gasteiger partial charge in [0.1, 0.15) is 27.4 Å². The van der Waals surface area contributed by atoms with E-state index >= 15 is 0 Å². The van der Waals surface area contributed by atoms with Crippen molar-refractivity contribution in [3.8, 4) is 16.5 Å². The Bertz CT molecular complexity index is 2030. The maximum Gasteiger partial charge on any atom is 0.318 e. The number of hydrogen-bond acceptors (Lipinski definition) is 9. The SMILES string of the molecule is COc1ccc2c(C[C@@H]3C[C@H]4C(=O)N[C@]5(C(=O)NS(=O)(=O)C6CC6)CC5/C=C\CCCCCNC(=O)N4C3)cc(-c3nc(C(C)C)cs3)nc2c1Cl. The Morgan fingerprint density at radius 1 is 1.19 bits per heavy atom. The molecule has 15 heteroatoms. The zero-order chi connectivity index (χ0) is 36.8. The van der Waals surface area contributed by atoms with E-state index in [9.17, 15) is 22.8 Å². The van der Waals surface area contributed by atoms with Gasteiger partial charge in [-0.3, -0.25) is 14.3 Å². The monoisotopic (exact) mass is 768 g/mol. The van der Waals surface area contributed by atoms with Gasteiger partial charge in [0.15, 0.2) is 0 Å². The highest BCUT2D eigenvalue weighted by Gasteiger charge is 2.62. The molecule has 4 aliphatic rings. The van der Waals surface area contributed by atoms with Gasteiger partial charge in [-0.15, -0.1) is 11.3 Å². The highest BCUT2D eigenvalue weighted by molar-refractivity contribution is 7.91. The number of thiazole rings is 1. The van der Waals surface area contributed by atoms with E-state index in [1.54, 1.807) is 12.0 Å². The van der Waals surface area contributed by atoms with Crippen molar-refractivity contribution >= 4 is 61.7 Å². The quantitative estimate of drug-likeness (QED) is 0.246. The van der Waals surface area contributed by atoms with Crippen molar-refractivity contribution < 1.29 is 27.5 Å². The van der Waals surface area contributed by atoms with Crippen molar-refractivity contribution in [2.45, 2.75) is 94.4 Å².